The summed E-state index contributed by atoms with van der Waals surface area (Å²) in [7, 11) is 1.50. The molecular weight excluding hydrogens is 531 g/mol. The van der Waals surface area contributed by atoms with Gasteiger partial charge in [0.1, 0.15) is 24.1 Å². The van der Waals surface area contributed by atoms with E-state index in [0.29, 0.717) is 0 Å². The largest absolute Gasteiger partial charge is 0.490 e. The number of carbonyl (C=O) groups excluding carboxylic acids is 3. The number of likely N-dealkylation sites (N-methyl/N-ethyl adjacent to an activating group) is 1. The molecule has 11 N–H and O–H groups in total. The van der Waals surface area contributed by atoms with Gasteiger partial charge in [0.25, 0.3) is 0 Å². The van der Waals surface area contributed by atoms with Gasteiger partial charge in [0.15, 0.2) is 12.3 Å². The molecule has 0 spiro atoms. The standard InChI is InChI=1S/C16H25N7O8.C2HF3O2/c1-19-4-8(25)20-6(5-24)14(29)22-9-10(26)11(27)15(31-12(9)13(18)28)23-3-2-7(17)21-16(23)30;3-2(4,5)1(6)7/h2-3,6,9-12,15,19,24,26-27H,4-5H2,1H3,(H2,18,28)(H,20,25)(H,22,29)(H2,17,21,30);(H,6,7)/t6-,9+,10+,11-,12+,15-;/m1./s1. The molecule has 0 radical (unpaired) electrons. The molecule has 0 aliphatic carbocycles. The summed E-state index contributed by atoms with van der Waals surface area (Å²) in [6.45, 7) is -0.919. The monoisotopic (exact) mass is 557 g/mol. The molecule has 20 heteroatoms. The first-order valence-electron chi connectivity index (χ1n) is 10.4. The molecule has 1 aliphatic heterocycles. The quantitative estimate of drug-likeness (QED) is 0.145. The zero-order valence-corrected chi connectivity index (χ0v) is 19.5. The second kappa shape index (κ2) is 13.6. The van der Waals surface area contributed by atoms with Crippen LogP contribution in [0.1, 0.15) is 6.23 Å². The van der Waals surface area contributed by atoms with Gasteiger partial charge in [0.05, 0.1) is 19.2 Å². The lowest BCUT2D eigenvalue weighted by atomic mass is 9.94. The molecular formula is C18H26F3N7O10. The molecule has 0 unspecified atom stereocenters. The number of nitrogen functional groups attached to an aromatic ring is 1. The van der Waals surface area contributed by atoms with E-state index in [2.05, 4.69) is 20.9 Å². The number of hydrogen-bond donors (Lipinski definition) is 9. The number of nitrogens with two attached hydrogens (primary N) is 2. The molecule has 2 rings (SSSR count). The predicted molar refractivity (Wildman–Crippen MR) is 117 cm³/mol. The highest BCUT2D eigenvalue weighted by atomic mass is 19.4. The van der Waals surface area contributed by atoms with E-state index in [1.165, 1.54) is 13.1 Å². The van der Waals surface area contributed by atoms with Gasteiger partial charge in [-0.05, 0) is 13.1 Å². The number of hydrogen-bond acceptors (Lipinski definition) is 12. The van der Waals surface area contributed by atoms with E-state index in [1.54, 1.807) is 0 Å². The minimum Gasteiger partial charge on any atom is -0.475 e. The van der Waals surface area contributed by atoms with Crippen LogP contribution in [0.2, 0.25) is 0 Å². The number of nitrogens with one attached hydrogen (secondary N) is 3. The van der Waals surface area contributed by atoms with Crippen molar-refractivity contribution in [3.8, 4) is 0 Å². The van der Waals surface area contributed by atoms with E-state index in [9.17, 15) is 47.7 Å². The zero-order valence-electron chi connectivity index (χ0n) is 19.5. The van der Waals surface area contributed by atoms with Crippen molar-refractivity contribution in [2.24, 2.45) is 5.73 Å². The number of aliphatic carboxylic acids is 1. The number of aliphatic hydroxyl groups is 3. The topological polar surface area (TPSA) is 281 Å². The van der Waals surface area contributed by atoms with E-state index < -0.39 is 78.8 Å². The Hall–Kier alpha value is -3.85. The summed E-state index contributed by atoms with van der Waals surface area (Å²) in [6.07, 6.45) is -10.8. The van der Waals surface area contributed by atoms with Crippen LogP contribution in [0.5, 0.6) is 0 Å². The number of primary amides is 1. The van der Waals surface area contributed by atoms with Gasteiger partial charge < -0.3 is 52.6 Å². The van der Waals surface area contributed by atoms with Crippen molar-refractivity contribution >= 4 is 29.5 Å². The van der Waals surface area contributed by atoms with Crippen LogP contribution in [0.4, 0.5) is 19.0 Å². The SMILES string of the molecule is CNCC(=O)N[C@H](CO)C(=O)N[C@H]1[C@H](O)[C@@H](O)[C@H](n2ccc(N)nc2=O)O[C@@H]1C(N)=O.O=C(O)C(F)(F)F. The number of aliphatic hydroxyl groups excluding tert-OH is 3. The maximum absolute atomic E-state index is 12.5. The Bertz CT molecular complexity index is 1070. The Morgan fingerprint density at radius 3 is 2.26 bits per heavy atom. The number of carboxylic acids is 1. The molecule has 0 saturated carbocycles. The van der Waals surface area contributed by atoms with Gasteiger partial charge in [-0.25, -0.2) is 9.59 Å². The summed E-state index contributed by atoms with van der Waals surface area (Å²) in [5.74, 6) is -5.54. The minimum absolute atomic E-state index is 0.0981. The average Bonchev–Trinajstić information content (AvgIpc) is 2.81. The van der Waals surface area contributed by atoms with Crippen LogP contribution in [0.3, 0.4) is 0 Å². The van der Waals surface area contributed by atoms with Gasteiger partial charge in [-0.1, -0.05) is 0 Å². The lowest BCUT2D eigenvalue weighted by molar-refractivity contribution is -0.212. The number of anilines is 1. The van der Waals surface area contributed by atoms with Gasteiger partial charge in [-0.3, -0.25) is 19.0 Å². The number of carbonyl (C=O) groups is 4. The highest BCUT2D eigenvalue weighted by molar-refractivity contribution is 5.89. The van der Waals surface area contributed by atoms with Gasteiger partial charge >= 0.3 is 17.8 Å². The number of nitrogens with zero attached hydrogens (tertiary/aromatic N) is 2. The smallest absolute Gasteiger partial charge is 0.475 e. The summed E-state index contributed by atoms with van der Waals surface area (Å²) in [4.78, 5) is 60.5. The van der Waals surface area contributed by atoms with Gasteiger partial charge in [0.2, 0.25) is 17.7 Å². The maximum Gasteiger partial charge on any atom is 0.490 e. The van der Waals surface area contributed by atoms with Crippen LogP contribution in [-0.4, -0.2) is 110 Å². The van der Waals surface area contributed by atoms with Crippen molar-refractivity contribution in [3.05, 3.63) is 22.7 Å². The highest BCUT2D eigenvalue weighted by Gasteiger charge is 2.49. The van der Waals surface area contributed by atoms with E-state index in [-0.39, 0.29) is 12.4 Å². The first kappa shape index (κ1) is 32.2. The maximum atomic E-state index is 12.5. The van der Waals surface area contributed by atoms with E-state index >= 15 is 0 Å². The second-order valence-electron chi connectivity index (χ2n) is 7.54. The molecule has 6 atom stereocenters. The summed E-state index contributed by atoms with van der Waals surface area (Å²) in [6, 6.07) is -1.74. The molecule has 214 valence electrons. The van der Waals surface area contributed by atoms with E-state index in [0.717, 1.165) is 10.8 Å². The molecule has 3 amide bonds. The minimum atomic E-state index is -5.08. The molecule has 1 aromatic heterocycles. The van der Waals surface area contributed by atoms with Gasteiger partial charge in [0, 0.05) is 6.20 Å². The fraction of sp³-hybridized carbons (Fsp3) is 0.556. The molecule has 0 bridgehead atoms. The number of ether oxygens (including phenoxy) is 1. The lowest BCUT2D eigenvalue weighted by Gasteiger charge is -2.42. The second-order valence-corrected chi connectivity index (χ2v) is 7.54. The van der Waals surface area contributed by atoms with Crippen LogP contribution >= 0.6 is 0 Å². The van der Waals surface area contributed by atoms with Gasteiger partial charge in [-0.15, -0.1) is 0 Å². The van der Waals surface area contributed by atoms with Crippen LogP contribution in [-0.2, 0) is 23.9 Å². The third kappa shape index (κ3) is 8.62. The molecule has 38 heavy (non-hydrogen) atoms. The zero-order chi connectivity index (χ0) is 29.4. The van der Waals surface area contributed by atoms with Crippen molar-refractivity contribution in [2.45, 2.75) is 42.8 Å². The molecule has 1 fully saturated rings. The fourth-order valence-corrected chi connectivity index (χ4v) is 3.00. The third-order valence-corrected chi connectivity index (χ3v) is 4.75. The summed E-state index contributed by atoms with van der Waals surface area (Å²) < 4.78 is 37.9. The summed E-state index contributed by atoms with van der Waals surface area (Å²) in [5, 5.41) is 44.5. The van der Waals surface area contributed by atoms with Crippen LogP contribution < -0.4 is 33.1 Å². The van der Waals surface area contributed by atoms with Crippen LogP contribution in [0.15, 0.2) is 17.1 Å². The Kier molecular flexibility index (Phi) is 11.5. The Balaban J connectivity index is 0.000000905. The number of halogens is 3. The van der Waals surface area contributed by atoms with Crippen molar-refractivity contribution in [1.29, 1.82) is 0 Å². The van der Waals surface area contributed by atoms with E-state index in [4.69, 9.17) is 26.1 Å². The molecule has 17 nitrogen and oxygen atoms in total. The number of carboxylic acid groups (broad SMARTS) is 1. The summed E-state index contributed by atoms with van der Waals surface area (Å²) >= 11 is 0. The average molecular weight is 557 g/mol. The number of amides is 3. The van der Waals surface area contributed by atoms with Crippen LogP contribution in [0, 0.1) is 0 Å². The Morgan fingerprint density at radius 2 is 1.82 bits per heavy atom. The molecule has 2 heterocycles. The van der Waals surface area contributed by atoms with E-state index in [1.807, 2.05) is 0 Å². The molecule has 0 aromatic carbocycles. The van der Waals surface area contributed by atoms with Crippen LogP contribution in [0.25, 0.3) is 0 Å². The molecule has 1 aromatic rings. The van der Waals surface area contributed by atoms with Crippen molar-refractivity contribution in [2.75, 3.05) is 25.9 Å². The lowest BCUT2D eigenvalue weighted by Crippen LogP contribution is -2.67. The Morgan fingerprint density at radius 1 is 1.24 bits per heavy atom. The van der Waals surface area contributed by atoms with Crippen molar-refractivity contribution < 1.29 is 57.5 Å². The van der Waals surface area contributed by atoms with Crippen molar-refractivity contribution in [1.82, 2.24) is 25.5 Å². The molecule has 1 saturated heterocycles. The van der Waals surface area contributed by atoms with Crippen molar-refractivity contribution in [3.63, 3.8) is 0 Å². The first-order chi connectivity index (χ1) is 17.5. The number of rotatable bonds is 8. The third-order valence-electron chi connectivity index (χ3n) is 4.75. The molecule has 1 aliphatic rings. The number of aromatic nitrogens is 2. The first-order valence-corrected chi connectivity index (χ1v) is 10.4. The normalized spacial score (nSPS) is 23.8. The Labute approximate surface area is 210 Å². The highest BCUT2D eigenvalue weighted by Crippen LogP contribution is 2.27. The summed E-state index contributed by atoms with van der Waals surface area (Å²) in [5.41, 5.74) is 9.81. The predicted octanol–water partition coefficient (Wildman–Crippen LogP) is -5.26. The fourth-order valence-electron chi connectivity index (χ4n) is 3.00. The van der Waals surface area contributed by atoms with Gasteiger partial charge in [-0.2, -0.15) is 18.2 Å². The number of alkyl halides is 3.